The second-order valence-corrected chi connectivity index (χ2v) is 7.70. The lowest BCUT2D eigenvalue weighted by molar-refractivity contribution is 0.0908. The summed E-state index contributed by atoms with van der Waals surface area (Å²) in [5.74, 6) is 1.98. The SMILES string of the molecule is CCOc1cc(CN2CCC(NC(=O)c3ccc4c(c3)OCO4)CC2)ccc1Cl. The van der Waals surface area contributed by atoms with Gasteiger partial charge in [-0.15, -0.1) is 0 Å². The predicted molar refractivity (Wildman–Crippen MR) is 111 cm³/mol. The minimum Gasteiger partial charge on any atom is -0.492 e. The van der Waals surface area contributed by atoms with Crippen LogP contribution in [0.1, 0.15) is 35.7 Å². The Morgan fingerprint density at radius 1 is 1.17 bits per heavy atom. The molecule has 1 amide bonds. The Kier molecular flexibility index (Phi) is 6.11. The van der Waals surface area contributed by atoms with E-state index in [1.807, 2.05) is 25.1 Å². The number of fused-ring (bicyclic) bond motifs is 1. The molecule has 0 bridgehead atoms. The molecule has 2 aliphatic rings. The molecule has 6 nitrogen and oxygen atoms in total. The van der Waals surface area contributed by atoms with Crippen LogP contribution in [-0.2, 0) is 6.54 Å². The lowest BCUT2D eigenvalue weighted by Crippen LogP contribution is -2.44. The van der Waals surface area contributed by atoms with Gasteiger partial charge in [-0.05, 0) is 55.7 Å². The number of ether oxygens (including phenoxy) is 3. The van der Waals surface area contributed by atoms with Gasteiger partial charge in [-0.1, -0.05) is 17.7 Å². The summed E-state index contributed by atoms with van der Waals surface area (Å²) in [6, 6.07) is 11.4. The molecular formula is C22H25ClN2O4. The van der Waals surface area contributed by atoms with Crippen LogP contribution in [0.4, 0.5) is 0 Å². The zero-order chi connectivity index (χ0) is 20.2. The van der Waals surface area contributed by atoms with Crippen LogP contribution in [0.25, 0.3) is 0 Å². The van der Waals surface area contributed by atoms with Gasteiger partial charge in [-0.2, -0.15) is 0 Å². The summed E-state index contributed by atoms with van der Waals surface area (Å²) in [7, 11) is 0. The van der Waals surface area contributed by atoms with E-state index in [1.54, 1.807) is 18.2 Å². The Labute approximate surface area is 175 Å². The smallest absolute Gasteiger partial charge is 0.251 e. The van der Waals surface area contributed by atoms with Gasteiger partial charge in [0.1, 0.15) is 5.75 Å². The summed E-state index contributed by atoms with van der Waals surface area (Å²) >= 11 is 6.17. The summed E-state index contributed by atoms with van der Waals surface area (Å²) in [6.07, 6.45) is 1.84. The number of nitrogens with one attached hydrogen (secondary N) is 1. The molecule has 2 aromatic rings. The molecule has 2 aliphatic heterocycles. The van der Waals surface area contributed by atoms with E-state index in [2.05, 4.69) is 10.2 Å². The fourth-order valence-corrected chi connectivity index (χ4v) is 3.88. The first kappa shape index (κ1) is 19.9. The number of hydrogen-bond acceptors (Lipinski definition) is 5. The van der Waals surface area contributed by atoms with Crippen molar-refractivity contribution in [3.8, 4) is 17.2 Å². The van der Waals surface area contributed by atoms with Crippen molar-refractivity contribution in [2.45, 2.75) is 32.4 Å². The summed E-state index contributed by atoms with van der Waals surface area (Å²) in [5, 5.41) is 3.78. The monoisotopic (exact) mass is 416 g/mol. The molecule has 0 unspecified atom stereocenters. The van der Waals surface area contributed by atoms with Crippen LogP contribution in [0.3, 0.4) is 0 Å². The van der Waals surface area contributed by atoms with E-state index in [-0.39, 0.29) is 18.7 Å². The van der Waals surface area contributed by atoms with E-state index >= 15 is 0 Å². The van der Waals surface area contributed by atoms with E-state index in [9.17, 15) is 4.79 Å². The third-order valence-electron chi connectivity index (χ3n) is 5.26. The molecule has 29 heavy (non-hydrogen) atoms. The summed E-state index contributed by atoms with van der Waals surface area (Å²) < 4.78 is 16.2. The maximum atomic E-state index is 12.6. The predicted octanol–water partition coefficient (Wildman–Crippen LogP) is 3.86. The Morgan fingerprint density at radius 3 is 2.76 bits per heavy atom. The molecule has 0 aromatic heterocycles. The van der Waals surface area contributed by atoms with Gasteiger partial charge < -0.3 is 19.5 Å². The number of carbonyl (C=O) groups excluding carboxylic acids is 1. The molecule has 2 heterocycles. The summed E-state index contributed by atoms with van der Waals surface area (Å²) in [5.41, 5.74) is 1.78. The highest BCUT2D eigenvalue weighted by molar-refractivity contribution is 6.32. The Hall–Kier alpha value is -2.44. The maximum absolute atomic E-state index is 12.6. The zero-order valence-electron chi connectivity index (χ0n) is 16.4. The molecule has 1 N–H and O–H groups in total. The van der Waals surface area contributed by atoms with Crippen molar-refractivity contribution in [2.75, 3.05) is 26.5 Å². The molecule has 4 rings (SSSR count). The number of likely N-dealkylation sites (tertiary alicyclic amines) is 1. The van der Waals surface area contributed by atoms with Gasteiger partial charge in [0.15, 0.2) is 11.5 Å². The Balaban J connectivity index is 1.28. The summed E-state index contributed by atoms with van der Waals surface area (Å²) in [4.78, 5) is 15.0. The van der Waals surface area contributed by atoms with Crippen LogP contribution in [0.2, 0.25) is 5.02 Å². The van der Waals surface area contributed by atoms with Crippen molar-refractivity contribution in [3.63, 3.8) is 0 Å². The van der Waals surface area contributed by atoms with Crippen molar-refractivity contribution in [1.82, 2.24) is 10.2 Å². The normalized spacial score (nSPS) is 16.6. The van der Waals surface area contributed by atoms with E-state index in [0.717, 1.165) is 38.2 Å². The van der Waals surface area contributed by atoms with Crippen LogP contribution in [-0.4, -0.2) is 43.3 Å². The molecular weight excluding hydrogens is 392 g/mol. The number of hydrogen-bond donors (Lipinski definition) is 1. The van der Waals surface area contributed by atoms with Gasteiger partial charge in [0.2, 0.25) is 6.79 Å². The van der Waals surface area contributed by atoms with Gasteiger partial charge in [0, 0.05) is 31.2 Å². The summed E-state index contributed by atoms with van der Waals surface area (Å²) in [6.45, 7) is 5.46. The van der Waals surface area contributed by atoms with Crippen LogP contribution in [0.5, 0.6) is 17.2 Å². The number of halogens is 1. The molecule has 1 fully saturated rings. The number of carbonyl (C=O) groups is 1. The van der Waals surface area contributed by atoms with Gasteiger partial charge in [0.05, 0.1) is 11.6 Å². The number of nitrogens with zero attached hydrogens (tertiary/aromatic N) is 1. The highest BCUT2D eigenvalue weighted by atomic mass is 35.5. The molecule has 1 saturated heterocycles. The van der Waals surface area contributed by atoms with Crippen molar-refractivity contribution in [3.05, 3.63) is 52.5 Å². The van der Waals surface area contributed by atoms with E-state index in [1.165, 1.54) is 5.56 Å². The molecule has 0 aliphatic carbocycles. The van der Waals surface area contributed by atoms with Crippen molar-refractivity contribution >= 4 is 17.5 Å². The molecule has 0 saturated carbocycles. The first-order valence-electron chi connectivity index (χ1n) is 9.96. The molecule has 7 heteroatoms. The molecule has 0 atom stereocenters. The van der Waals surface area contributed by atoms with E-state index < -0.39 is 0 Å². The maximum Gasteiger partial charge on any atom is 0.251 e. The standard InChI is InChI=1S/C22H25ClN2O4/c1-2-27-20-11-15(3-5-18(20)23)13-25-9-7-17(8-10-25)24-22(26)16-4-6-19-21(12-16)29-14-28-19/h3-6,11-12,17H,2,7-10,13-14H2,1H3,(H,24,26). The Morgan fingerprint density at radius 2 is 1.97 bits per heavy atom. The highest BCUT2D eigenvalue weighted by Gasteiger charge is 2.23. The second-order valence-electron chi connectivity index (χ2n) is 7.29. The molecule has 0 radical (unpaired) electrons. The average Bonchev–Trinajstić information content (AvgIpc) is 3.20. The molecule has 154 valence electrons. The fraction of sp³-hybridized carbons (Fsp3) is 0.409. The Bertz CT molecular complexity index is 881. The van der Waals surface area contributed by atoms with Gasteiger partial charge >= 0.3 is 0 Å². The third kappa shape index (κ3) is 4.77. The van der Waals surface area contributed by atoms with Crippen LogP contribution < -0.4 is 19.5 Å². The van der Waals surface area contributed by atoms with E-state index in [4.69, 9.17) is 25.8 Å². The second kappa shape index (κ2) is 8.93. The number of rotatable bonds is 6. The van der Waals surface area contributed by atoms with Crippen molar-refractivity contribution in [2.24, 2.45) is 0 Å². The minimum atomic E-state index is -0.0687. The van der Waals surface area contributed by atoms with Crippen LogP contribution in [0, 0.1) is 0 Å². The van der Waals surface area contributed by atoms with Crippen molar-refractivity contribution < 1.29 is 19.0 Å². The van der Waals surface area contributed by atoms with Crippen molar-refractivity contribution in [1.29, 1.82) is 0 Å². The van der Waals surface area contributed by atoms with Gasteiger partial charge in [-0.3, -0.25) is 9.69 Å². The zero-order valence-corrected chi connectivity index (χ0v) is 17.2. The fourth-order valence-electron chi connectivity index (χ4n) is 3.71. The lowest BCUT2D eigenvalue weighted by Gasteiger charge is -2.32. The first-order chi connectivity index (χ1) is 14.1. The topological polar surface area (TPSA) is 60.0 Å². The molecule has 2 aromatic carbocycles. The third-order valence-corrected chi connectivity index (χ3v) is 5.57. The largest absolute Gasteiger partial charge is 0.492 e. The number of amides is 1. The minimum absolute atomic E-state index is 0.0687. The van der Waals surface area contributed by atoms with Gasteiger partial charge in [0.25, 0.3) is 5.91 Å². The quantitative estimate of drug-likeness (QED) is 0.774. The van der Waals surface area contributed by atoms with Gasteiger partial charge in [-0.25, -0.2) is 0 Å². The highest BCUT2D eigenvalue weighted by Crippen LogP contribution is 2.32. The first-order valence-corrected chi connectivity index (χ1v) is 10.3. The van der Waals surface area contributed by atoms with Crippen LogP contribution >= 0.6 is 11.6 Å². The molecule has 0 spiro atoms. The number of piperidine rings is 1. The number of benzene rings is 2. The lowest BCUT2D eigenvalue weighted by atomic mass is 10.0. The van der Waals surface area contributed by atoms with Crippen LogP contribution in [0.15, 0.2) is 36.4 Å². The average molecular weight is 417 g/mol. The van der Waals surface area contributed by atoms with E-state index in [0.29, 0.717) is 28.7 Å².